The van der Waals surface area contributed by atoms with Gasteiger partial charge in [0.05, 0.1) is 12.5 Å². The number of esters is 1. The molecule has 0 unspecified atom stereocenters. The van der Waals surface area contributed by atoms with Crippen LogP contribution >= 0.6 is 0 Å². The topological polar surface area (TPSA) is 62.7 Å². The quantitative estimate of drug-likeness (QED) is 0.292. The third-order valence-electron chi connectivity index (χ3n) is 2.36. The first-order chi connectivity index (χ1) is 9.10. The summed E-state index contributed by atoms with van der Waals surface area (Å²) in [7, 11) is 0. The van der Waals surface area contributed by atoms with Crippen LogP contribution in [0.15, 0.2) is 4.99 Å². The van der Waals surface area contributed by atoms with E-state index in [1.54, 1.807) is 0 Å². The minimum absolute atomic E-state index is 0.0524. The highest BCUT2D eigenvalue weighted by Crippen LogP contribution is 1.94. The Balaban J connectivity index is 3.89. The van der Waals surface area contributed by atoms with Crippen molar-refractivity contribution in [2.75, 3.05) is 19.6 Å². The first-order valence-electron chi connectivity index (χ1n) is 7.31. The second-order valence-electron chi connectivity index (χ2n) is 4.68. The fourth-order valence-corrected chi connectivity index (χ4v) is 1.50. The lowest BCUT2D eigenvalue weighted by molar-refractivity contribution is -0.147. The van der Waals surface area contributed by atoms with Crippen molar-refractivity contribution in [1.29, 1.82) is 0 Å². The van der Waals surface area contributed by atoms with Crippen LogP contribution in [-0.2, 0) is 9.53 Å². The first-order valence-corrected chi connectivity index (χ1v) is 7.31. The van der Waals surface area contributed by atoms with Crippen LogP contribution in [0.3, 0.4) is 0 Å². The molecule has 0 fully saturated rings. The Bertz CT molecular complexity index is 265. The van der Waals surface area contributed by atoms with Gasteiger partial charge in [-0.05, 0) is 27.2 Å². The Morgan fingerprint density at radius 3 is 2.53 bits per heavy atom. The molecule has 19 heavy (non-hydrogen) atoms. The zero-order valence-corrected chi connectivity index (χ0v) is 12.8. The average Bonchev–Trinajstić information content (AvgIpc) is 2.33. The van der Waals surface area contributed by atoms with Crippen molar-refractivity contribution in [1.82, 2.24) is 10.6 Å². The van der Waals surface area contributed by atoms with E-state index in [1.807, 2.05) is 20.8 Å². The first kappa shape index (κ1) is 17.7. The molecule has 0 aliphatic rings. The summed E-state index contributed by atoms with van der Waals surface area (Å²) in [6.07, 6.45) is 3.80. The molecule has 0 bridgehead atoms. The molecule has 0 aromatic heterocycles. The van der Waals surface area contributed by atoms with Gasteiger partial charge in [0, 0.05) is 19.6 Å². The molecule has 0 aromatic carbocycles. The van der Waals surface area contributed by atoms with Crippen LogP contribution in [0.4, 0.5) is 0 Å². The smallest absolute Gasteiger partial charge is 0.307 e. The van der Waals surface area contributed by atoms with Gasteiger partial charge in [0.1, 0.15) is 0 Å². The average molecular weight is 271 g/mol. The van der Waals surface area contributed by atoms with Crippen LogP contribution in [0.5, 0.6) is 0 Å². The lowest BCUT2D eigenvalue weighted by Gasteiger charge is -2.12. The van der Waals surface area contributed by atoms with E-state index in [2.05, 4.69) is 22.5 Å². The van der Waals surface area contributed by atoms with Crippen molar-refractivity contribution in [3.8, 4) is 0 Å². The number of carbonyl (C=O) groups excluding carboxylic acids is 1. The van der Waals surface area contributed by atoms with E-state index in [4.69, 9.17) is 4.74 Å². The molecule has 0 amide bonds. The number of nitrogens with one attached hydrogen (secondary N) is 2. The van der Waals surface area contributed by atoms with Crippen LogP contribution in [0.1, 0.15) is 53.4 Å². The van der Waals surface area contributed by atoms with E-state index in [-0.39, 0.29) is 12.1 Å². The highest BCUT2D eigenvalue weighted by Gasteiger charge is 2.05. The molecule has 0 atom stereocenters. The molecule has 0 aliphatic carbocycles. The molecular formula is C14H29N3O2. The van der Waals surface area contributed by atoms with Gasteiger partial charge in [-0.3, -0.25) is 9.79 Å². The third-order valence-corrected chi connectivity index (χ3v) is 2.36. The van der Waals surface area contributed by atoms with Gasteiger partial charge >= 0.3 is 5.97 Å². The number of hydrogen-bond acceptors (Lipinski definition) is 3. The maximum atomic E-state index is 11.4. The monoisotopic (exact) mass is 271 g/mol. The van der Waals surface area contributed by atoms with Gasteiger partial charge in [0.25, 0.3) is 0 Å². The molecule has 5 heteroatoms. The summed E-state index contributed by atoms with van der Waals surface area (Å²) in [5, 5.41) is 6.30. The lowest BCUT2D eigenvalue weighted by atomic mass is 10.2. The predicted molar refractivity (Wildman–Crippen MR) is 79.4 cm³/mol. The number of hydrogen-bond donors (Lipinski definition) is 2. The molecule has 0 saturated carbocycles. The predicted octanol–water partition coefficient (Wildman–Crippen LogP) is 2.07. The molecule has 112 valence electrons. The molecular weight excluding hydrogens is 242 g/mol. The van der Waals surface area contributed by atoms with E-state index in [9.17, 15) is 4.79 Å². The Kier molecular flexibility index (Phi) is 11.0. The summed E-state index contributed by atoms with van der Waals surface area (Å²) in [5.41, 5.74) is 0. The molecule has 0 rings (SSSR count). The molecule has 0 radical (unpaired) electrons. The third kappa shape index (κ3) is 11.6. The van der Waals surface area contributed by atoms with Gasteiger partial charge in [-0.15, -0.1) is 0 Å². The van der Waals surface area contributed by atoms with Crippen molar-refractivity contribution in [2.45, 2.75) is 59.5 Å². The van der Waals surface area contributed by atoms with Crippen LogP contribution in [-0.4, -0.2) is 37.7 Å². The van der Waals surface area contributed by atoms with Gasteiger partial charge in [-0.25, -0.2) is 0 Å². The number of nitrogens with zero attached hydrogens (tertiary/aromatic N) is 1. The fraction of sp³-hybridized carbons (Fsp3) is 0.857. The normalized spacial score (nSPS) is 11.5. The van der Waals surface area contributed by atoms with Crippen LogP contribution in [0, 0.1) is 0 Å². The molecule has 5 nitrogen and oxygen atoms in total. The SMILES string of the molecule is CCCCCN=C(NCC)NCCC(=O)OC(C)C. The highest BCUT2D eigenvalue weighted by molar-refractivity contribution is 5.80. The minimum atomic E-state index is -0.177. The van der Waals surface area contributed by atoms with E-state index < -0.39 is 0 Å². The van der Waals surface area contributed by atoms with Gasteiger partial charge in [0.2, 0.25) is 0 Å². The highest BCUT2D eigenvalue weighted by atomic mass is 16.5. The molecule has 0 saturated heterocycles. The number of unbranched alkanes of at least 4 members (excludes halogenated alkanes) is 2. The summed E-state index contributed by atoms with van der Waals surface area (Å²) in [5.74, 6) is 0.597. The van der Waals surface area contributed by atoms with Crippen molar-refractivity contribution in [3.05, 3.63) is 0 Å². The number of guanidine groups is 1. The maximum Gasteiger partial charge on any atom is 0.307 e. The van der Waals surface area contributed by atoms with E-state index in [0.717, 1.165) is 25.5 Å². The van der Waals surface area contributed by atoms with E-state index in [0.29, 0.717) is 13.0 Å². The Labute approximate surface area is 117 Å². The summed E-state index contributed by atoms with van der Waals surface area (Å²) < 4.78 is 5.07. The van der Waals surface area contributed by atoms with Gasteiger partial charge in [-0.1, -0.05) is 19.8 Å². The number of rotatable bonds is 9. The van der Waals surface area contributed by atoms with E-state index >= 15 is 0 Å². The van der Waals surface area contributed by atoms with Crippen molar-refractivity contribution in [3.63, 3.8) is 0 Å². The molecule has 0 heterocycles. The zero-order chi connectivity index (χ0) is 14.5. The van der Waals surface area contributed by atoms with Crippen molar-refractivity contribution >= 4 is 11.9 Å². The van der Waals surface area contributed by atoms with Gasteiger partial charge in [0.15, 0.2) is 5.96 Å². The van der Waals surface area contributed by atoms with Crippen molar-refractivity contribution < 1.29 is 9.53 Å². The standard InChI is InChI=1S/C14H29N3O2/c1-5-7-8-10-16-14(15-6-2)17-11-9-13(18)19-12(3)4/h12H,5-11H2,1-4H3,(H2,15,16,17). The Morgan fingerprint density at radius 2 is 1.95 bits per heavy atom. The summed E-state index contributed by atoms with van der Waals surface area (Å²) in [6.45, 7) is 10.1. The largest absolute Gasteiger partial charge is 0.463 e. The van der Waals surface area contributed by atoms with E-state index in [1.165, 1.54) is 12.8 Å². The maximum absolute atomic E-state index is 11.4. The summed E-state index contributed by atoms with van der Waals surface area (Å²) >= 11 is 0. The second-order valence-corrected chi connectivity index (χ2v) is 4.68. The molecule has 0 spiro atoms. The van der Waals surface area contributed by atoms with Crippen LogP contribution in [0.25, 0.3) is 0 Å². The second kappa shape index (κ2) is 11.8. The molecule has 0 aliphatic heterocycles. The van der Waals surface area contributed by atoms with Crippen molar-refractivity contribution in [2.24, 2.45) is 4.99 Å². The number of carbonyl (C=O) groups is 1. The Hall–Kier alpha value is -1.26. The number of ether oxygens (including phenoxy) is 1. The summed E-state index contributed by atoms with van der Waals surface area (Å²) in [6, 6.07) is 0. The number of aliphatic imine (C=N–C) groups is 1. The Morgan fingerprint density at radius 1 is 1.21 bits per heavy atom. The minimum Gasteiger partial charge on any atom is -0.463 e. The summed E-state index contributed by atoms with van der Waals surface area (Å²) in [4.78, 5) is 15.8. The molecule has 0 aromatic rings. The van der Waals surface area contributed by atoms with Crippen LogP contribution < -0.4 is 10.6 Å². The lowest BCUT2D eigenvalue weighted by Crippen LogP contribution is -2.38. The zero-order valence-electron chi connectivity index (χ0n) is 12.8. The van der Waals surface area contributed by atoms with Gasteiger partial charge < -0.3 is 15.4 Å². The van der Waals surface area contributed by atoms with Crippen LogP contribution in [0.2, 0.25) is 0 Å². The fourth-order valence-electron chi connectivity index (χ4n) is 1.50. The van der Waals surface area contributed by atoms with Gasteiger partial charge in [-0.2, -0.15) is 0 Å². The molecule has 2 N–H and O–H groups in total.